The van der Waals surface area contributed by atoms with Crippen LogP contribution < -0.4 is 0 Å². The van der Waals surface area contributed by atoms with Crippen LogP contribution in [0.15, 0.2) is 195 Å². The fourth-order valence-corrected chi connectivity index (χ4v) is 10.6. The van der Waals surface area contributed by atoms with Gasteiger partial charge in [-0.3, -0.25) is 4.98 Å². The molecule has 2 aliphatic rings. The molecule has 4 nitrogen and oxygen atoms in total. The average molecular weight is 737 g/mol. The van der Waals surface area contributed by atoms with E-state index < -0.39 is 5.41 Å². The lowest BCUT2D eigenvalue weighted by Crippen LogP contribution is -2.26. The second-order valence-corrected chi connectivity index (χ2v) is 15.5. The van der Waals surface area contributed by atoms with Gasteiger partial charge in [0.05, 0.1) is 22.1 Å². The zero-order valence-electron chi connectivity index (χ0n) is 31.3. The van der Waals surface area contributed by atoms with E-state index in [1.807, 2.05) is 24.7 Å². The quantitative estimate of drug-likeness (QED) is 0.170. The summed E-state index contributed by atoms with van der Waals surface area (Å²) in [6, 6.07) is 64.5. The second-order valence-electron chi connectivity index (χ2n) is 15.5. The third-order valence-corrected chi connectivity index (χ3v) is 12.8. The van der Waals surface area contributed by atoms with E-state index in [2.05, 4.69) is 174 Å². The fraction of sp³-hybridized carbons (Fsp3) is 0.0185. The Bertz CT molecular complexity index is 3460. The van der Waals surface area contributed by atoms with Crippen LogP contribution in [0.2, 0.25) is 0 Å². The highest BCUT2D eigenvalue weighted by atomic mass is 15.0. The lowest BCUT2D eigenvalue weighted by Gasteiger charge is -2.30. The van der Waals surface area contributed by atoms with Crippen molar-refractivity contribution in [3.05, 3.63) is 217 Å². The number of benzene rings is 8. The minimum Gasteiger partial charge on any atom is -0.309 e. The molecule has 1 atom stereocenters. The average Bonchev–Trinajstić information content (AvgIpc) is 3.89. The van der Waals surface area contributed by atoms with E-state index in [9.17, 15) is 0 Å². The van der Waals surface area contributed by atoms with E-state index >= 15 is 0 Å². The predicted molar refractivity (Wildman–Crippen MR) is 236 cm³/mol. The number of hydrogen-bond acceptors (Lipinski definition) is 3. The Morgan fingerprint density at radius 3 is 1.76 bits per heavy atom. The van der Waals surface area contributed by atoms with Crippen LogP contribution in [0.3, 0.4) is 0 Å². The van der Waals surface area contributed by atoms with Gasteiger partial charge >= 0.3 is 0 Å². The SMILES string of the molecule is c1ccc(-n2c3ccccc3c3cc4c(cc32)C2(c3ccccc3-4)c3cc(-c4c5ccccc5c(-c5ncccn5)c5ccccc45)ccc3-c3ncccc32)cc1. The fourth-order valence-electron chi connectivity index (χ4n) is 10.6. The monoisotopic (exact) mass is 736 g/mol. The maximum atomic E-state index is 5.16. The molecule has 0 radical (unpaired) electrons. The zero-order chi connectivity index (χ0) is 38.0. The van der Waals surface area contributed by atoms with Crippen LogP contribution in [0.4, 0.5) is 0 Å². The first-order valence-electron chi connectivity index (χ1n) is 19.9. The van der Waals surface area contributed by atoms with Crippen LogP contribution in [-0.4, -0.2) is 19.5 Å². The Morgan fingerprint density at radius 2 is 0.983 bits per heavy atom. The number of rotatable bonds is 3. The van der Waals surface area contributed by atoms with E-state index in [0.29, 0.717) is 0 Å². The smallest absolute Gasteiger partial charge is 0.160 e. The zero-order valence-corrected chi connectivity index (χ0v) is 31.3. The second kappa shape index (κ2) is 11.7. The van der Waals surface area contributed by atoms with Crippen LogP contribution in [0.1, 0.15) is 22.3 Å². The van der Waals surface area contributed by atoms with Crippen LogP contribution >= 0.6 is 0 Å². The lowest BCUT2D eigenvalue weighted by atomic mass is 9.70. The first-order chi connectivity index (χ1) is 28.8. The summed E-state index contributed by atoms with van der Waals surface area (Å²) in [6.07, 6.45) is 5.60. The summed E-state index contributed by atoms with van der Waals surface area (Å²) in [6.45, 7) is 0. The van der Waals surface area contributed by atoms with E-state index in [-0.39, 0.29) is 0 Å². The summed E-state index contributed by atoms with van der Waals surface area (Å²) in [4.78, 5) is 14.7. The van der Waals surface area contributed by atoms with Crippen molar-refractivity contribution in [1.82, 2.24) is 19.5 Å². The van der Waals surface area contributed by atoms with E-state index in [1.54, 1.807) is 0 Å². The van der Waals surface area contributed by atoms with Gasteiger partial charge in [0.2, 0.25) is 0 Å². The Kier molecular flexibility index (Phi) is 6.34. The Labute approximate surface area is 334 Å². The molecule has 268 valence electrons. The molecule has 0 saturated carbocycles. The van der Waals surface area contributed by atoms with Gasteiger partial charge in [-0.1, -0.05) is 127 Å². The molecule has 0 aliphatic heterocycles. The summed E-state index contributed by atoms with van der Waals surface area (Å²) in [5.74, 6) is 0.731. The number of aromatic nitrogens is 4. The Balaban J connectivity index is 1.15. The van der Waals surface area contributed by atoms with Gasteiger partial charge in [0, 0.05) is 46.2 Å². The first kappa shape index (κ1) is 31.5. The summed E-state index contributed by atoms with van der Waals surface area (Å²) >= 11 is 0. The van der Waals surface area contributed by atoms with Crippen molar-refractivity contribution >= 4 is 43.4 Å². The molecule has 13 rings (SSSR count). The molecule has 8 aromatic carbocycles. The molecular formula is C54H32N4. The number of fused-ring (bicyclic) bond motifs is 15. The lowest BCUT2D eigenvalue weighted by molar-refractivity contribution is 0.792. The van der Waals surface area contributed by atoms with Crippen molar-refractivity contribution in [1.29, 1.82) is 0 Å². The molecule has 0 N–H and O–H groups in total. The number of hydrogen-bond donors (Lipinski definition) is 0. The van der Waals surface area contributed by atoms with Crippen LogP contribution in [0, 0.1) is 0 Å². The van der Waals surface area contributed by atoms with Gasteiger partial charge in [-0.05, 0) is 115 Å². The van der Waals surface area contributed by atoms with Crippen LogP contribution in [0.25, 0.3) is 93.9 Å². The molecule has 3 aromatic heterocycles. The molecule has 11 aromatic rings. The van der Waals surface area contributed by atoms with E-state index in [0.717, 1.165) is 33.5 Å². The van der Waals surface area contributed by atoms with Crippen LogP contribution in [-0.2, 0) is 5.41 Å². The summed E-state index contributed by atoms with van der Waals surface area (Å²) in [5, 5.41) is 7.12. The summed E-state index contributed by atoms with van der Waals surface area (Å²) < 4.78 is 2.44. The van der Waals surface area contributed by atoms with Crippen molar-refractivity contribution in [3.8, 4) is 50.6 Å². The van der Waals surface area contributed by atoms with Crippen molar-refractivity contribution in [2.45, 2.75) is 5.41 Å². The topological polar surface area (TPSA) is 43.6 Å². The predicted octanol–water partition coefficient (Wildman–Crippen LogP) is 13.0. The molecule has 0 amide bonds. The third-order valence-electron chi connectivity index (χ3n) is 12.8. The van der Waals surface area contributed by atoms with Gasteiger partial charge in [-0.25, -0.2) is 9.97 Å². The molecule has 4 heteroatoms. The largest absolute Gasteiger partial charge is 0.309 e. The van der Waals surface area contributed by atoms with Crippen molar-refractivity contribution in [2.24, 2.45) is 0 Å². The number of para-hydroxylation sites is 2. The summed E-state index contributed by atoms with van der Waals surface area (Å²) in [5.41, 5.74) is 16.2. The van der Waals surface area contributed by atoms with E-state index in [4.69, 9.17) is 15.0 Å². The van der Waals surface area contributed by atoms with Gasteiger partial charge in [0.1, 0.15) is 0 Å². The van der Waals surface area contributed by atoms with Gasteiger partial charge in [-0.2, -0.15) is 0 Å². The van der Waals surface area contributed by atoms with Gasteiger partial charge < -0.3 is 4.57 Å². The normalized spacial score (nSPS) is 15.0. The summed E-state index contributed by atoms with van der Waals surface area (Å²) in [7, 11) is 0. The van der Waals surface area contributed by atoms with Crippen molar-refractivity contribution in [2.75, 3.05) is 0 Å². The highest BCUT2D eigenvalue weighted by molar-refractivity contribution is 6.21. The minimum absolute atomic E-state index is 0.587. The third kappa shape index (κ3) is 4.01. The minimum atomic E-state index is -0.587. The Hall–Kier alpha value is -7.69. The molecule has 0 fully saturated rings. The van der Waals surface area contributed by atoms with Gasteiger partial charge in [-0.15, -0.1) is 0 Å². The molecule has 0 bridgehead atoms. The van der Waals surface area contributed by atoms with Crippen LogP contribution in [0.5, 0.6) is 0 Å². The molecule has 0 saturated heterocycles. The standard InChI is InChI=1S/C54H32N4/c1-2-14-34(15-3-1)58-48-24-11-9-17-36(48)43-31-42-35-16-8-10-22-44(35)54(47(42)32-49(43)58)45-23-12-27-55-52(45)41-26-25-33(30-46(41)54)50-37-18-4-6-20-39(37)51(53-56-28-13-29-57-53)40-21-7-5-19-38(40)50/h1-32H. The highest BCUT2D eigenvalue weighted by Crippen LogP contribution is 2.63. The number of nitrogens with zero attached hydrogens (tertiary/aromatic N) is 4. The maximum absolute atomic E-state index is 5.16. The van der Waals surface area contributed by atoms with E-state index in [1.165, 1.54) is 82.6 Å². The van der Waals surface area contributed by atoms with Crippen molar-refractivity contribution in [3.63, 3.8) is 0 Å². The Morgan fingerprint density at radius 1 is 0.362 bits per heavy atom. The molecule has 1 spiro atoms. The molecule has 2 aliphatic carbocycles. The molecular weight excluding hydrogens is 705 g/mol. The van der Waals surface area contributed by atoms with Gasteiger partial charge in [0.15, 0.2) is 5.82 Å². The first-order valence-corrected chi connectivity index (χ1v) is 19.9. The highest BCUT2D eigenvalue weighted by Gasteiger charge is 2.52. The van der Waals surface area contributed by atoms with Crippen molar-refractivity contribution < 1.29 is 0 Å². The molecule has 1 unspecified atom stereocenters. The molecule has 3 heterocycles. The van der Waals surface area contributed by atoms with Gasteiger partial charge in [0.25, 0.3) is 0 Å². The molecule has 58 heavy (non-hydrogen) atoms. The maximum Gasteiger partial charge on any atom is 0.160 e. The number of pyridine rings is 1.